The van der Waals surface area contributed by atoms with Crippen LogP contribution in [0.5, 0.6) is 11.5 Å². The van der Waals surface area contributed by atoms with Gasteiger partial charge in [-0.2, -0.15) is 0 Å². The summed E-state index contributed by atoms with van der Waals surface area (Å²) in [6, 6.07) is 5.41. The zero-order chi connectivity index (χ0) is 19.1. The molecule has 5 rings (SSSR count). The highest BCUT2D eigenvalue weighted by Crippen LogP contribution is 2.40. The van der Waals surface area contributed by atoms with Crippen molar-refractivity contribution in [1.82, 2.24) is 9.97 Å². The molecule has 28 heavy (non-hydrogen) atoms. The van der Waals surface area contributed by atoms with Gasteiger partial charge in [-0.1, -0.05) is 11.8 Å². The van der Waals surface area contributed by atoms with Crippen LogP contribution in [0.4, 0.5) is 0 Å². The maximum absolute atomic E-state index is 12.8. The number of nitrogens with zero attached hydrogens (tertiary/aromatic N) is 2. The van der Waals surface area contributed by atoms with Crippen molar-refractivity contribution in [3.63, 3.8) is 0 Å². The minimum atomic E-state index is 0.0653. The molecule has 2 aliphatic rings. The van der Waals surface area contributed by atoms with Crippen LogP contribution in [0.15, 0.2) is 23.2 Å². The first-order valence-electron chi connectivity index (χ1n) is 9.53. The number of rotatable bonds is 4. The van der Waals surface area contributed by atoms with Crippen molar-refractivity contribution < 1.29 is 14.3 Å². The summed E-state index contributed by atoms with van der Waals surface area (Å²) in [5, 5.41) is 2.11. The van der Waals surface area contributed by atoms with Crippen molar-refractivity contribution in [2.75, 3.05) is 19.0 Å². The Balaban J connectivity index is 1.41. The molecule has 0 spiro atoms. The van der Waals surface area contributed by atoms with E-state index < -0.39 is 0 Å². The predicted molar refractivity (Wildman–Crippen MR) is 111 cm³/mol. The van der Waals surface area contributed by atoms with Crippen LogP contribution in [-0.2, 0) is 12.8 Å². The van der Waals surface area contributed by atoms with E-state index in [1.165, 1.54) is 40.4 Å². The molecule has 1 aliphatic carbocycles. The normalized spacial score (nSPS) is 15.5. The summed E-state index contributed by atoms with van der Waals surface area (Å²) in [4.78, 5) is 24.6. The van der Waals surface area contributed by atoms with Gasteiger partial charge in [-0.25, -0.2) is 9.97 Å². The molecule has 1 aliphatic heterocycles. The van der Waals surface area contributed by atoms with E-state index in [0.29, 0.717) is 36.0 Å². The van der Waals surface area contributed by atoms with Crippen molar-refractivity contribution in [2.45, 2.75) is 37.6 Å². The fourth-order valence-electron chi connectivity index (χ4n) is 3.76. The molecule has 0 atom stereocenters. The van der Waals surface area contributed by atoms with E-state index >= 15 is 0 Å². The van der Waals surface area contributed by atoms with Crippen LogP contribution < -0.4 is 9.47 Å². The molecule has 0 N–H and O–H groups in total. The average molecular weight is 413 g/mol. The average Bonchev–Trinajstić information content (AvgIpc) is 3.09. The van der Waals surface area contributed by atoms with Gasteiger partial charge in [0.1, 0.15) is 28.9 Å². The van der Waals surface area contributed by atoms with E-state index in [4.69, 9.17) is 9.47 Å². The van der Waals surface area contributed by atoms with Crippen molar-refractivity contribution in [3.05, 3.63) is 40.0 Å². The number of aromatic nitrogens is 2. The minimum absolute atomic E-state index is 0.0653. The molecule has 2 aromatic heterocycles. The van der Waals surface area contributed by atoms with Gasteiger partial charge >= 0.3 is 0 Å². The van der Waals surface area contributed by atoms with Gasteiger partial charge in [0.05, 0.1) is 5.75 Å². The molecule has 0 saturated carbocycles. The zero-order valence-corrected chi connectivity index (χ0v) is 17.3. The minimum Gasteiger partial charge on any atom is -0.486 e. The number of fused-ring (bicyclic) bond motifs is 4. The van der Waals surface area contributed by atoms with Crippen LogP contribution in [0.1, 0.15) is 39.5 Å². The second-order valence-electron chi connectivity index (χ2n) is 7.04. The number of ketones is 1. The molecule has 0 unspecified atom stereocenters. The number of aryl methyl sites for hydroxylation is 3. The van der Waals surface area contributed by atoms with Crippen molar-refractivity contribution in [1.29, 1.82) is 0 Å². The molecule has 3 aromatic rings. The summed E-state index contributed by atoms with van der Waals surface area (Å²) in [5.74, 6) is 2.52. The maximum Gasteiger partial charge on any atom is 0.173 e. The van der Waals surface area contributed by atoms with E-state index in [1.54, 1.807) is 17.4 Å². The fourth-order valence-corrected chi connectivity index (χ4v) is 6.13. The first-order valence-corrected chi connectivity index (χ1v) is 11.3. The largest absolute Gasteiger partial charge is 0.486 e. The Bertz CT molecular complexity index is 1080. The highest BCUT2D eigenvalue weighted by molar-refractivity contribution is 8.00. The summed E-state index contributed by atoms with van der Waals surface area (Å²) in [5.41, 5.74) is 2.05. The van der Waals surface area contributed by atoms with Gasteiger partial charge in [0, 0.05) is 15.8 Å². The second kappa shape index (κ2) is 7.37. The van der Waals surface area contributed by atoms with Gasteiger partial charge in [0.2, 0.25) is 0 Å². The number of ether oxygens (including phenoxy) is 2. The van der Waals surface area contributed by atoms with Crippen LogP contribution >= 0.6 is 23.1 Å². The first kappa shape index (κ1) is 17.9. The SMILES string of the molecule is Cc1nc(SCC(=O)c2ccc3c(c2)OCCO3)c2c3c(sc2n1)CCCC3. The maximum atomic E-state index is 12.8. The molecule has 3 heterocycles. The van der Waals surface area contributed by atoms with Crippen molar-refractivity contribution in [3.8, 4) is 11.5 Å². The monoisotopic (exact) mass is 412 g/mol. The molecule has 5 nitrogen and oxygen atoms in total. The lowest BCUT2D eigenvalue weighted by Crippen LogP contribution is -2.16. The second-order valence-corrected chi connectivity index (χ2v) is 9.08. The number of hydrogen-bond acceptors (Lipinski definition) is 7. The van der Waals surface area contributed by atoms with E-state index in [9.17, 15) is 4.79 Å². The highest BCUT2D eigenvalue weighted by Gasteiger charge is 2.22. The van der Waals surface area contributed by atoms with E-state index in [1.807, 2.05) is 19.1 Å². The van der Waals surface area contributed by atoms with E-state index in [2.05, 4.69) is 9.97 Å². The van der Waals surface area contributed by atoms with E-state index in [-0.39, 0.29) is 5.78 Å². The lowest BCUT2D eigenvalue weighted by molar-refractivity contribution is 0.102. The number of carbonyl (C=O) groups is 1. The molecule has 0 saturated heterocycles. The Labute approximate surface area is 171 Å². The smallest absolute Gasteiger partial charge is 0.173 e. The molecular weight excluding hydrogens is 392 g/mol. The molecule has 0 fully saturated rings. The first-order chi connectivity index (χ1) is 13.7. The molecule has 0 bridgehead atoms. The predicted octanol–water partition coefficient (Wildman–Crippen LogP) is 4.62. The Morgan fingerprint density at radius 1 is 1.14 bits per heavy atom. The third-order valence-electron chi connectivity index (χ3n) is 5.10. The highest BCUT2D eigenvalue weighted by atomic mass is 32.2. The molecule has 144 valence electrons. The Morgan fingerprint density at radius 3 is 2.86 bits per heavy atom. The summed E-state index contributed by atoms with van der Waals surface area (Å²) < 4.78 is 11.1. The zero-order valence-electron chi connectivity index (χ0n) is 15.6. The van der Waals surface area contributed by atoms with E-state index in [0.717, 1.165) is 28.5 Å². The Morgan fingerprint density at radius 2 is 1.96 bits per heavy atom. The fraction of sp³-hybridized carbons (Fsp3) is 0.381. The number of Topliss-reactive ketones (excluding diaryl/α,β-unsaturated/α-hetero) is 1. The summed E-state index contributed by atoms with van der Waals surface area (Å²) in [6.07, 6.45) is 4.69. The Hall–Kier alpha value is -2.12. The van der Waals surface area contributed by atoms with Crippen LogP contribution in [0, 0.1) is 6.92 Å². The quantitative estimate of drug-likeness (QED) is 0.354. The molecule has 1 aromatic carbocycles. The molecule has 7 heteroatoms. The molecule has 0 amide bonds. The number of benzene rings is 1. The van der Waals surface area contributed by atoms with Gasteiger partial charge in [-0.3, -0.25) is 4.79 Å². The van der Waals surface area contributed by atoms with Crippen molar-refractivity contribution >= 4 is 39.1 Å². The number of thiophene rings is 1. The van der Waals surface area contributed by atoms with Gasteiger partial charge in [-0.15, -0.1) is 11.3 Å². The van der Waals surface area contributed by atoms with Crippen LogP contribution in [0.2, 0.25) is 0 Å². The van der Waals surface area contributed by atoms with Gasteiger partial charge in [-0.05, 0) is 56.4 Å². The lowest BCUT2D eigenvalue weighted by atomic mass is 9.97. The summed E-state index contributed by atoms with van der Waals surface area (Å²) in [7, 11) is 0. The number of hydrogen-bond donors (Lipinski definition) is 0. The number of carbonyl (C=O) groups excluding carboxylic acids is 1. The standard InChI is InChI=1S/C21H20N2O3S2/c1-12-22-20(19-14-4-2-3-5-18(14)28-21(19)23-12)27-11-15(24)13-6-7-16-17(10-13)26-9-8-25-16/h6-7,10H,2-5,8-9,11H2,1H3. The van der Waals surface area contributed by atoms with Crippen molar-refractivity contribution in [2.24, 2.45) is 0 Å². The van der Waals surface area contributed by atoms with Crippen LogP contribution in [0.3, 0.4) is 0 Å². The lowest BCUT2D eigenvalue weighted by Gasteiger charge is -2.18. The van der Waals surface area contributed by atoms with Gasteiger partial charge < -0.3 is 9.47 Å². The van der Waals surface area contributed by atoms with Gasteiger partial charge in [0.15, 0.2) is 17.3 Å². The summed E-state index contributed by atoms with van der Waals surface area (Å²) >= 11 is 3.31. The third kappa shape index (κ3) is 3.26. The van der Waals surface area contributed by atoms with Crippen LogP contribution in [-0.4, -0.2) is 34.7 Å². The third-order valence-corrected chi connectivity index (χ3v) is 7.26. The Kier molecular flexibility index (Phi) is 4.72. The summed E-state index contributed by atoms with van der Waals surface area (Å²) in [6.45, 7) is 2.98. The van der Waals surface area contributed by atoms with Crippen LogP contribution in [0.25, 0.3) is 10.2 Å². The number of thioether (sulfide) groups is 1. The molecule has 0 radical (unpaired) electrons. The topological polar surface area (TPSA) is 61.3 Å². The van der Waals surface area contributed by atoms with Gasteiger partial charge in [0.25, 0.3) is 0 Å². The molecular formula is C21H20N2O3S2.